The molecule has 0 aliphatic heterocycles. The quantitative estimate of drug-likeness (QED) is 0.805. The zero-order chi connectivity index (χ0) is 12.7. The lowest BCUT2D eigenvalue weighted by Gasteiger charge is -2.21. The van der Waals surface area contributed by atoms with Crippen molar-refractivity contribution in [2.24, 2.45) is 0 Å². The number of carbonyl (C=O) groups is 1. The Kier molecular flexibility index (Phi) is 6.32. The highest BCUT2D eigenvalue weighted by atomic mass is 127. The molecule has 2 amide bonds. The van der Waals surface area contributed by atoms with Gasteiger partial charge in [-0.15, -0.1) is 0 Å². The highest BCUT2D eigenvalue weighted by Crippen LogP contribution is 2.12. The maximum atomic E-state index is 11.9. The third-order valence-corrected chi connectivity index (χ3v) is 3.27. The van der Waals surface area contributed by atoms with Crippen molar-refractivity contribution in [3.63, 3.8) is 0 Å². The molecule has 1 aromatic rings. The maximum absolute atomic E-state index is 11.9. The standard InChI is InChI=1S/C13H19IN2O/c1-3-5-10-16(4-2)13(17)15-12-8-6-11(14)7-9-12/h6-9H,3-5,10H2,1-2H3,(H,15,17). The minimum atomic E-state index is -0.0119. The molecule has 0 radical (unpaired) electrons. The normalized spacial score (nSPS) is 10.1. The second kappa shape index (κ2) is 7.53. The van der Waals surface area contributed by atoms with Crippen LogP contribution in [-0.4, -0.2) is 24.0 Å². The van der Waals surface area contributed by atoms with Gasteiger partial charge >= 0.3 is 6.03 Å². The molecular formula is C13H19IN2O. The van der Waals surface area contributed by atoms with E-state index in [-0.39, 0.29) is 6.03 Å². The number of urea groups is 1. The Labute approximate surface area is 117 Å². The summed E-state index contributed by atoms with van der Waals surface area (Å²) in [4.78, 5) is 13.8. The highest BCUT2D eigenvalue weighted by Gasteiger charge is 2.10. The lowest BCUT2D eigenvalue weighted by atomic mass is 10.3. The number of carbonyl (C=O) groups excluding carboxylic acids is 1. The molecule has 17 heavy (non-hydrogen) atoms. The monoisotopic (exact) mass is 346 g/mol. The van der Waals surface area contributed by atoms with Crippen molar-refractivity contribution < 1.29 is 4.79 Å². The molecule has 3 nitrogen and oxygen atoms in total. The van der Waals surface area contributed by atoms with Crippen LogP contribution in [0.15, 0.2) is 24.3 Å². The SMILES string of the molecule is CCCCN(CC)C(=O)Nc1ccc(I)cc1. The number of unbranched alkanes of at least 4 members (excludes halogenated alkanes) is 1. The smallest absolute Gasteiger partial charge is 0.321 e. The third kappa shape index (κ3) is 4.93. The minimum Gasteiger partial charge on any atom is -0.325 e. The minimum absolute atomic E-state index is 0.0119. The van der Waals surface area contributed by atoms with Crippen LogP contribution in [0.4, 0.5) is 10.5 Å². The van der Waals surface area contributed by atoms with E-state index in [4.69, 9.17) is 0 Å². The van der Waals surface area contributed by atoms with Crippen molar-refractivity contribution in [2.45, 2.75) is 26.7 Å². The summed E-state index contributed by atoms with van der Waals surface area (Å²) < 4.78 is 1.17. The molecular weight excluding hydrogens is 327 g/mol. The molecule has 1 aromatic carbocycles. The summed E-state index contributed by atoms with van der Waals surface area (Å²) in [6, 6.07) is 7.81. The van der Waals surface area contributed by atoms with Crippen LogP contribution < -0.4 is 5.32 Å². The number of nitrogens with zero attached hydrogens (tertiary/aromatic N) is 1. The molecule has 0 heterocycles. The van der Waals surface area contributed by atoms with Crippen molar-refractivity contribution in [1.82, 2.24) is 4.90 Å². The average Bonchev–Trinajstić information content (AvgIpc) is 2.33. The van der Waals surface area contributed by atoms with Gasteiger partial charge in [-0.05, 0) is 60.2 Å². The van der Waals surface area contributed by atoms with Crippen LogP contribution >= 0.6 is 22.6 Å². The molecule has 4 heteroatoms. The molecule has 94 valence electrons. The first-order chi connectivity index (χ1) is 8.17. The molecule has 1 rings (SSSR count). The molecule has 0 saturated carbocycles. The fourth-order valence-corrected chi connectivity index (χ4v) is 1.85. The summed E-state index contributed by atoms with van der Waals surface area (Å²) in [6.45, 7) is 5.70. The zero-order valence-corrected chi connectivity index (χ0v) is 12.5. The van der Waals surface area contributed by atoms with Crippen LogP contribution in [0, 0.1) is 3.57 Å². The Hall–Kier alpha value is -0.780. The Morgan fingerprint density at radius 3 is 2.47 bits per heavy atom. The van der Waals surface area contributed by atoms with Gasteiger partial charge in [-0.1, -0.05) is 13.3 Å². The number of rotatable bonds is 5. The third-order valence-electron chi connectivity index (χ3n) is 2.55. The molecule has 0 spiro atoms. The summed E-state index contributed by atoms with van der Waals surface area (Å²) in [5.41, 5.74) is 0.852. The van der Waals surface area contributed by atoms with Crippen LogP contribution in [0.1, 0.15) is 26.7 Å². The molecule has 0 aromatic heterocycles. The van der Waals surface area contributed by atoms with Crippen LogP contribution in [0.2, 0.25) is 0 Å². The fraction of sp³-hybridized carbons (Fsp3) is 0.462. The van der Waals surface area contributed by atoms with Crippen molar-refractivity contribution in [3.8, 4) is 0 Å². The second-order valence-corrected chi connectivity index (χ2v) is 5.12. The Bertz CT molecular complexity index is 351. The number of halogens is 1. The predicted octanol–water partition coefficient (Wildman–Crippen LogP) is 3.95. The summed E-state index contributed by atoms with van der Waals surface area (Å²) in [5.74, 6) is 0. The van der Waals surface area contributed by atoms with Crippen molar-refractivity contribution in [2.75, 3.05) is 18.4 Å². The first-order valence-corrected chi connectivity index (χ1v) is 7.06. The van der Waals surface area contributed by atoms with Gasteiger partial charge in [-0.25, -0.2) is 4.79 Å². The number of hydrogen-bond donors (Lipinski definition) is 1. The summed E-state index contributed by atoms with van der Waals surface area (Å²) in [7, 11) is 0. The molecule has 0 bridgehead atoms. The van der Waals surface area contributed by atoms with E-state index in [9.17, 15) is 4.79 Å². The summed E-state index contributed by atoms with van der Waals surface area (Å²) in [5, 5.41) is 2.91. The van der Waals surface area contributed by atoms with Gasteiger partial charge in [0, 0.05) is 22.3 Å². The first kappa shape index (κ1) is 14.3. The highest BCUT2D eigenvalue weighted by molar-refractivity contribution is 14.1. The maximum Gasteiger partial charge on any atom is 0.321 e. The van der Waals surface area contributed by atoms with Crippen LogP contribution in [0.25, 0.3) is 0 Å². The van der Waals surface area contributed by atoms with E-state index in [0.717, 1.165) is 31.6 Å². The molecule has 0 fully saturated rings. The Morgan fingerprint density at radius 2 is 1.94 bits per heavy atom. The van der Waals surface area contributed by atoms with Gasteiger partial charge in [0.05, 0.1) is 0 Å². The predicted molar refractivity (Wildman–Crippen MR) is 80.3 cm³/mol. The van der Waals surface area contributed by atoms with Crippen LogP contribution in [0.5, 0.6) is 0 Å². The number of benzene rings is 1. The van der Waals surface area contributed by atoms with Gasteiger partial charge in [0.2, 0.25) is 0 Å². The number of hydrogen-bond acceptors (Lipinski definition) is 1. The number of amides is 2. The van der Waals surface area contributed by atoms with Gasteiger partial charge in [0.25, 0.3) is 0 Å². The molecule has 0 atom stereocenters. The van der Waals surface area contributed by atoms with E-state index in [1.807, 2.05) is 36.1 Å². The second-order valence-electron chi connectivity index (χ2n) is 3.87. The van der Waals surface area contributed by atoms with Gasteiger partial charge in [-0.3, -0.25) is 0 Å². The van der Waals surface area contributed by atoms with Crippen molar-refractivity contribution >= 4 is 34.3 Å². The molecule has 1 N–H and O–H groups in total. The fourth-order valence-electron chi connectivity index (χ4n) is 1.49. The Balaban J connectivity index is 2.54. The lowest BCUT2D eigenvalue weighted by Crippen LogP contribution is -2.35. The molecule has 0 aliphatic rings. The van der Waals surface area contributed by atoms with Crippen molar-refractivity contribution in [1.29, 1.82) is 0 Å². The van der Waals surface area contributed by atoms with Gasteiger partial charge in [0.1, 0.15) is 0 Å². The lowest BCUT2D eigenvalue weighted by molar-refractivity contribution is 0.213. The topological polar surface area (TPSA) is 32.3 Å². The van der Waals surface area contributed by atoms with Crippen molar-refractivity contribution in [3.05, 3.63) is 27.8 Å². The summed E-state index contributed by atoms with van der Waals surface area (Å²) in [6.07, 6.45) is 2.15. The Morgan fingerprint density at radius 1 is 1.29 bits per heavy atom. The van der Waals surface area contributed by atoms with Crippen LogP contribution in [-0.2, 0) is 0 Å². The molecule has 0 aliphatic carbocycles. The van der Waals surface area contributed by atoms with E-state index >= 15 is 0 Å². The average molecular weight is 346 g/mol. The summed E-state index contributed by atoms with van der Waals surface area (Å²) >= 11 is 2.25. The number of anilines is 1. The largest absolute Gasteiger partial charge is 0.325 e. The van der Waals surface area contributed by atoms with E-state index in [1.54, 1.807) is 0 Å². The number of nitrogens with one attached hydrogen (secondary N) is 1. The zero-order valence-electron chi connectivity index (χ0n) is 10.4. The van der Waals surface area contributed by atoms with E-state index in [2.05, 4.69) is 34.8 Å². The van der Waals surface area contributed by atoms with Crippen LogP contribution in [0.3, 0.4) is 0 Å². The van der Waals surface area contributed by atoms with E-state index < -0.39 is 0 Å². The van der Waals surface area contributed by atoms with E-state index in [0.29, 0.717) is 0 Å². The first-order valence-electron chi connectivity index (χ1n) is 5.98. The van der Waals surface area contributed by atoms with Gasteiger partial charge in [-0.2, -0.15) is 0 Å². The van der Waals surface area contributed by atoms with Gasteiger partial charge in [0.15, 0.2) is 0 Å². The van der Waals surface area contributed by atoms with Gasteiger partial charge < -0.3 is 10.2 Å². The molecule has 0 saturated heterocycles. The molecule has 0 unspecified atom stereocenters. The van der Waals surface area contributed by atoms with E-state index in [1.165, 1.54) is 3.57 Å².